The standard InChI is InChI=1S/C6H7BNOP/c7-6-1-4(3-9)5(10)2-8-6/h1-3H,7,10H2. The number of nitrogens with zero attached hydrogens (tertiary/aromatic N) is 1. The maximum absolute atomic E-state index is 10.3. The van der Waals surface area contributed by atoms with Crippen molar-refractivity contribution in [2.24, 2.45) is 0 Å². The molecule has 1 unspecified atom stereocenters. The van der Waals surface area contributed by atoms with Crippen LogP contribution in [0.5, 0.6) is 0 Å². The monoisotopic (exact) mass is 151 g/mol. The van der Waals surface area contributed by atoms with Crippen molar-refractivity contribution in [3.8, 4) is 0 Å². The van der Waals surface area contributed by atoms with E-state index in [2.05, 4.69) is 14.2 Å². The van der Waals surface area contributed by atoms with Crippen LogP contribution in [0.4, 0.5) is 0 Å². The number of pyridine rings is 1. The Balaban J connectivity index is 3.21. The summed E-state index contributed by atoms with van der Waals surface area (Å²) in [7, 11) is 4.32. The van der Waals surface area contributed by atoms with Crippen LogP contribution in [0.1, 0.15) is 10.4 Å². The predicted molar refractivity (Wildman–Crippen MR) is 47.1 cm³/mol. The highest BCUT2D eigenvalue weighted by molar-refractivity contribution is 7.27. The Morgan fingerprint density at radius 2 is 2.40 bits per heavy atom. The summed E-state index contributed by atoms with van der Waals surface area (Å²) in [6.07, 6.45) is 2.50. The molecular weight excluding hydrogens is 144 g/mol. The van der Waals surface area contributed by atoms with Crippen LogP contribution in [0.3, 0.4) is 0 Å². The minimum absolute atomic E-state index is 0.692. The molecule has 0 aromatic carbocycles. The molecular formula is C6H7BNOP. The van der Waals surface area contributed by atoms with Gasteiger partial charge >= 0.3 is 0 Å². The third-order valence-corrected chi connectivity index (χ3v) is 1.71. The molecule has 4 heteroatoms. The van der Waals surface area contributed by atoms with Crippen molar-refractivity contribution in [3.05, 3.63) is 17.8 Å². The van der Waals surface area contributed by atoms with Gasteiger partial charge in [0.1, 0.15) is 0 Å². The number of carbonyl (C=O) groups is 1. The zero-order valence-electron chi connectivity index (χ0n) is 5.66. The summed E-state index contributed by atoms with van der Waals surface area (Å²) in [5, 5.41) is 0.848. The Morgan fingerprint density at radius 3 is 2.90 bits per heavy atom. The van der Waals surface area contributed by atoms with Crippen LogP contribution < -0.4 is 10.9 Å². The Bertz CT molecular complexity index is 264. The van der Waals surface area contributed by atoms with Gasteiger partial charge in [0, 0.05) is 11.8 Å². The van der Waals surface area contributed by atoms with Gasteiger partial charge in [-0.25, -0.2) is 0 Å². The third kappa shape index (κ3) is 1.42. The van der Waals surface area contributed by atoms with Crippen LogP contribution in [0.15, 0.2) is 12.3 Å². The average molecular weight is 151 g/mol. The Labute approximate surface area is 62.7 Å². The van der Waals surface area contributed by atoms with Gasteiger partial charge < -0.3 is 0 Å². The number of hydrogen-bond donors (Lipinski definition) is 0. The first-order valence-corrected chi connectivity index (χ1v) is 3.49. The molecule has 10 heavy (non-hydrogen) atoms. The van der Waals surface area contributed by atoms with Gasteiger partial charge in [-0.05, 0) is 17.0 Å². The van der Waals surface area contributed by atoms with Crippen LogP contribution in [-0.4, -0.2) is 19.1 Å². The SMILES string of the molecule is Bc1cc(C=O)c(P)cn1. The second kappa shape index (κ2) is 2.93. The lowest BCUT2D eigenvalue weighted by molar-refractivity contribution is 0.112. The zero-order chi connectivity index (χ0) is 7.56. The van der Waals surface area contributed by atoms with Crippen molar-refractivity contribution in [1.82, 2.24) is 4.98 Å². The highest BCUT2D eigenvalue weighted by atomic mass is 31.0. The molecule has 1 aromatic heterocycles. The summed E-state index contributed by atoms with van der Waals surface area (Å²) < 4.78 is 0. The van der Waals surface area contributed by atoms with Crippen LogP contribution in [-0.2, 0) is 0 Å². The molecule has 0 amide bonds. The van der Waals surface area contributed by atoms with Crippen molar-refractivity contribution in [2.75, 3.05) is 0 Å². The van der Waals surface area contributed by atoms with Crippen LogP contribution in [0, 0.1) is 0 Å². The van der Waals surface area contributed by atoms with Crippen LogP contribution >= 0.6 is 9.24 Å². The molecule has 1 atom stereocenters. The maximum atomic E-state index is 10.3. The summed E-state index contributed by atoms with van der Waals surface area (Å²) in [6.45, 7) is 0. The Morgan fingerprint density at radius 1 is 1.70 bits per heavy atom. The van der Waals surface area contributed by atoms with Crippen molar-refractivity contribution in [2.45, 2.75) is 0 Å². The van der Waals surface area contributed by atoms with E-state index in [-0.39, 0.29) is 0 Å². The van der Waals surface area contributed by atoms with Crippen molar-refractivity contribution >= 4 is 34.3 Å². The number of aromatic nitrogens is 1. The fourth-order valence-corrected chi connectivity index (χ4v) is 0.920. The van der Waals surface area contributed by atoms with Gasteiger partial charge in [0.15, 0.2) is 14.1 Å². The van der Waals surface area contributed by atoms with E-state index in [1.54, 1.807) is 12.3 Å². The number of hydrogen-bond acceptors (Lipinski definition) is 2. The van der Waals surface area contributed by atoms with Gasteiger partial charge in [-0.2, -0.15) is 0 Å². The van der Waals surface area contributed by atoms with E-state index in [0.29, 0.717) is 5.56 Å². The number of carbonyl (C=O) groups excluding carboxylic acids is 1. The smallest absolute Gasteiger partial charge is 0.163 e. The molecule has 0 saturated heterocycles. The fraction of sp³-hybridized carbons (Fsp3) is 0. The predicted octanol–water partition coefficient (Wildman–Crippen LogP) is -1.35. The molecule has 0 bridgehead atoms. The van der Waals surface area contributed by atoms with Gasteiger partial charge in [0.2, 0.25) is 0 Å². The summed E-state index contributed by atoms with van der Waals surface area (Å²) in [5.74, 6) is 0. The zero-order valence-corrected chi connectivity index (χ0v) is 6.82. The molecule has 0 fully saturated rings. The van der Waals surface area contributed by atoms with Gasteiger partial charge in [0.05, 0.1) is 0 Å². The number of aldehydes is 1. The quantitative estimate of drug-likeness (QED) is 0.282. The normalized spacial score (nSPS) is 9.30. The molecule has 1 rings (SSSR count). The maximum Gasteiger partial charge on any atom is 0.163 e. The first-order valence-electron chi connectivity index (χ1n) is 2.91. The van der Waals surface area contributed by atoms with Crippen molar-refractivity contribution in [1.29, 1.82) is 0 Å². The van der Waals surface area contributed by atoms with Crippen LogP contribution in [0.2, 0.25) is 0 Å². The summed E-state index contributed by atoms with van der Waals surface area (Å²) in [4.78, 5) is 14.3. The van der Waals surface area contributed by atoms with E-state index in [4.69, 9.17) is 0 Å². The largest absolute Gasteiger partial charge is 0.298 e. The van der Waals surface area contributed by atoms with Gasteiger partial charge in [0.25, 0.3) is 0 Å². The first kappa shape index (κ1) is 7.42. The molecule has 50 valence electrons. The second-order valence-corrected chi connectivity index (χ2v) is 2.69. The molecule has 0 aliphatic rings. The first-order chi connectivity index (χ1) is 4.74. The van der Waals surface area contributed by atoms with E-state index < -0.39 is 0 Å². The highest BCUT2D eigenvalue weighted by Gasteiger charge is 1.95. The average Bonchev–Trinajstić information content (AvgIpc) is 1.94. The second-order valence-electron chi connectivity index (χ2n) is 2.07. The van der Waals surface area contributed by atoms with Gasteiger partial charge in [-0.15, -0.1) is 9.24 Å². The molecule has 0 saturated carbocycles. The van der Waals surface area contributed by atoms with Gasteiger partial charge in [-0.3, -0.25) is 9.78 Å². The summed E-state index contributed by atoms with van der Waals surface area (Å²) >= 11 is 0. The molecule has 0 radical (unpaired) electrons. The lowest BCUT2D eigenvalue weighted by Gasteiger charge is -1.96. The molecule has 0 N–H and O–H groups in total. The van der Waals surface area contributed by atoms with Crippen molar-refractivity contribution < 1.29 is 4.79 Å². The van der Waals surface area contributed by atoms with E-state index in [0.717, 1.165) is 17.2 Å². The fourth-order valence-electron chi connectivity index (χ4n) is 0.694. The molecule has 1 aromatic rings. The summed E-state index contributed by atoms with van der Waals surface area (Å²) in [5.41, 5.74) is 1.56. The molecule has 0 aliphatic carbocycles. The summed E-state index contributed by atoms with van der Waals surface area (Å²) in [6, 6.07) is 1.76. The third-order valence-electron chi connectivity index (χ3n) is 1.23. The Kier molecular flexibility index (Phi) is 2.18. The lowest BCUT2D eigenvalue weighted by Crippen LogP contribution is -2.14. The molecule has 0 spiro atoms. The minimum atomic E-state index is 0.692. The molecule has 2 nitrogen and oxygen atoms in total. The van der Waals surface area contributed by atoms with E-state index in [1.165, 1.54) is 0 Å². The van der Waals surface area contributed by atoms with Crippen molar-refractivity contribution in [3.63, 3.8) is 0 Å². The van der Waals surface area contributed by atoms with E-state index >= 15 is 0 Å². The van der Waals surface area contributed by atoms with Crippen LogP contribution in [0.25, 0.3) is 0 Å². The topological polar surface area (TPSA) is 30.0 Å². The van der Waals surface area contributed by atoms with E-state index in [9.17, 15) is 4.79 Å². The molecule has 1 heterocycles. The van der Waals surface area contributed by atoms with Gasteiger partial charge in [-0.1, -0.05) is 0 Å². The number of rotatable bonds is 1. The minimum Gasteiger partial charge on any atom is -0.298 e. The molecule has 0 aliphatic heterocycles. The highest BCUT2D eigenvalue weighted by Crippen LogP contribution is 1.91. The van der Waals surface area contributed by atoms with E-state index in [1.807, 2.05) is 7.85 Å². The Hall–Kier alpha value is -0.685. The lowest BCUT2D eigenvalue weighted by atomic mass is 10.0.